The molecule has 0 amide bonds. The van der Waals surface area contributed by atoms with Gasteiger partial charge in [-0.15, -0.1) is 5.15 Å². The Hall–Kier alpha value is -1.74. The molecule has 1 aliphatic rings. The zero-order valence-corrected chi connectivity index (χ0v) is 14.2. The van der Waals surface area contributed by atoms with Crippen molar-refractivity contribution in [1.29, 1.82) is 0 Å². The molecule has 122 valence electrons. The highest BCUT2D eigenvalue weighted by atomic mass is 28.4. The SMILES string of the molecule is CO[Si](NOC1c2ccccc2Oc2ccccc21)(OC)OC. The Labute approximate surface area is 136 Å². The van der Waals surface area contributed by atoms with E-state index in [0.717, 1.165) is 22.6 Å². The highest BCUT2D eigenvalue weighted by molar-refractivity contribution is 6.57. The number of hydrogen-bond acceptors (Lipinski definition) is 6. The minimum absolute atomic E-state index is 0.358. The van der Waals surface area contributed by atoms with Crippen molar-refractivity contribution >= 4 is 8.97 Å². The van der Waals surface area contributed by atoms with Crippen molar-refractivity contribution in [3.8, 4) is 11.5 Å². The summed E-state index contributed by atoms with van der Waals surface area (Å²) in [5, 5.41) is 2.85. The van der Waals surface area contributed by atoms with Crippen LogP contribution in [0, 0.1) is 0 Å². The Morgan fingerprint density at radius 1 is 0.826 bits per heavy atom. The van der Waals surface area contributed by atoms with Crippen LogP contribution in [-0.2, 0) is 18.1 Å². The molecule has 0 atom stereocenters. The van der Waals surface area contributed by atoms with Crippen molar-refractivity contribution in [3.05, 3.63) is 59.7 Å². The average Bonchev–Trinajstić information content (AvgIpc) is 2.62. The number of rotatable bonds is 6. The van der Waals surface area contributed by atoms with Gasteiger partial charge < -0.3 is 18.0 Å². The monoisotopic (exact) mass is 333 g/mol. The first kappa shape index (κ1) is 16.1. The summed E-state index contributed by atoms with van der Waals surface area (Å²) in [5.74, 6) is 1.52. The van der Waals surface area contributed by atoms with Gasteiger partial charge in [0.1, 0.15) is 17.6 Å². The molecule has 0 saturated heterocycles. The van der Waals surface area contributed by atoms with Gasteiger partial charge in [0.15, 0.2) is 0 Å². The molecule has 1 heterocycles. The largest absolute Gasteiger partial charge is 0.620 e. The van der Waals surface area contributed by atoms with E-state index >= 15 is 0 Å². The standard InChI is InChI=1S/C16H19NO5Si/c1-18-23(19-2,20-3)17-22-16-12-8-4-6-10-14(12)21-15-11-7-5-9-13(15)16/h4-11,16-17H,1-3H3. The van der Waals surface area contributed by atoms with Crippen molar-refractivity contribution < 1.29 is 22.9 Å². The second-order valence-electron chi connectivity index (χ2n) is 4.95. The van der Waals surface area contributed by atoms with E-state index in [1.807, 2.05) is 48.5 Å². The number of hydrogen-bond donors (Lipinski definition) is 1. The van der Waals surface area contributed by atoms with E-state index in [1.54, 1.807) is 0 Å². The summed E-state index contributed by atoms with van der Waals surface area (Å²) < 4.78 is 21.9. The van der Waals surface area contributed by atoms with Crippen LogP contribution in [-0.4, -0.2) is 30.3 Å². The van der Waals surface area contributed by atoms with E-state index in [2.05, 4.69) is 5.15 Å². The van der Waals surface area contributed by atoms with Gasteiger partial charge in [0.2, 0.25) is 0 Å². The molecule has 2 aromatic carbocycles. The predicted molar refractivity (Wildman–Crippen MR) is 85.8 cm³/mol. The molecule has 0 spiro atoms. The normalized spacial score (nSPS) is 14.0. The molecular weight excluding hydrogens is 314 g/mol. The molecule has 0 bridgehead atoms. The van der Waals surface area contributed by atoms with E-state index in [1.165, 1.54) is 21.3 Å². The van der Waals surface area contributed by atoms with Crippen molar-refractivity contribution in [2.24, 2.45) is 0 Å². The summed E-state index contributed by atoms with van der Waals surface area (Å²) in [6.45, 7) is 0. The third-order valence-corrected chi connectivity index (χ3v) is 5.71. The molecule has 0 unspecified atom stereocenters. The minimum atomic E-state index is -3.06. The van der Waals surface area contributed by atoms with Crippen molar-refractivity contribution in [1.82, 2.24) is 5.15 Å². The molecule has 2 aromatic rings. The quantitative estimate of drug-likeness (QED) is 0.648. The zero-order valence-electron chi connectivity index (χ0n) is 13.2. The maximum Gasteiger partial charge on any atom is 0.620 e. The zero-order chi connectivity index (χ0) is 16.3. The van der Waals surface area contributed by atoms with E-state index < -0.39 is 8.97 Å². The Morgan fingerprint density at radius 2 is 1.30 bits per heavy atom. The second-order valence-corrected chi connectivity index (χ2v) is 7.49. The maximum atomic E-state index is 5.93. The fourth-order valence-corrected chi connectivity index (χ4v) is 3.51. The van der Waals surface area contributed by atoms with Gasteiger partial charge in [-0.25, -0.2) is 0 Å². The number of para-hydroxylation sites is 2. The van der Waals surface area contributed by atoms with Crippen LogP contribution in [0.1, 0.15) is 17.2 Å². The molecule has 7 heteroatoms. The highest BCUT2D eigenvalue weighted by Gasteiger charge is 2.42. The predicted octanol–water partition coefficient (Wildman–Crippen LogP) is 2.78. The van der Waals surface area contributed by atoms with Crippen LogP contribution < -0.4 is 9.88 Å². The third-order valence-electron chi connectivity index (χ3n) is 3.73. The summed E-state index contributed by atoms with van der Waals surface area (Å²) >= 11 is 0. The molecule has 1 aliphatic heterocycles. The van der Waals surface area contributed by atoms with E-state index in [4.69, 9.17) is 22.9 Å². The van der Waals surface area contributed by atoms with Crippen LogP contribution in [0.25, 0.3) is 0 Å². The second kappa shape index (κ2) is 6.79. The van der Waals surface area contributed by atoms with E-state index in [0.29, 0.717) is 0 Å². The van der Waals surface area contributed by atoms with Crippen LogP contribution in [0.15, 0.2) is 48.5 Å². The lowest BCUT2D eigenvalue weighted by Gasteiger charge is -2.31. The molecule has 6 nitrogen and oxygen atoms in total. The Kier molecular flexibility index (Phi) is 4.76. The first-order chi connectivity index (χ1) is 11.2. The minimum Gasteiger partial charge on any atom is -0.457 e. The van der Waals surface area contributed by atoms with Gasteiger partial charge in [-0.05, 0) is 12.1 Å². The number of nitrogens with one attached hydrogen (secondary N) is 1. The van der Waals surface area contributed by atoms with Gasteiger partial charge >= 0.3 is 8.97 Å². The molecule has 1 N–H and O–H groups in total. The van der Waals surface area contributed by atoms with Gasteiger partial charge in [0.05, 0.1) is 0 Å². The molecule has 0 aromatic heterocycles. The number of benzene rings is 2. The molecule has 0 saturated carbocycles. The summed E-state index contributed by atoms with van der Waals surface area (Å²) in [5.41, 5.74) is 1.84. The summed E-state index contributed by atoms with van der Waals surface area (Å²) in [4.78, 5) is 5.93. The maximum absolute atomic E-state index is 5.93. The Bertz CT molecular complexity index is 623. The molecular formula is C16H19NO5Si. The fraction of sp³-hybridized carbons (Fsp3) is 0.250. The summed E-state index contributed by atoms with van der Waals surface area (Å²) in [7, 11) is 1.49. The van der Waals surface area contributed by atoms with Crippen molar-refractivity contribution in [2.45, 2.75) is 6.10 Å². The Morgan fingerprint density at radius 3 is 1.78 bits per heavy atom. The van der Waals surface area contributed by atoms with Gasteiger partial charge in [0.25, 0.3) is 0 Å². The van der Waals surface area contributed by atoms with Gasteiger partial charge in [-0.3, -0.25) is 4.84 Å². The molecule has 3 rings (SSSR count). The van der Waals surface area contributed by atoms with Gasteiger partial charge in [-0.1, -0.05) is 36.4 Å². The van der Waals surface area contributed by atoms with Crippen LogP contribution in [0.3, 0.4) is 0 Å². The fourth-order valence-electron chi connectivity index (χ4n) is 2.50. The number of fused-ring (bicyclic) bond motifs is 2. The first-order valence-corrected chi connectivity index (χ1v) is 8.89. The number of ether oxygens (including phenoxy) is 1. The van der Waals surface area contributed by atoms with Crippen molar-refractivity contribution in [3.63, 3.8) is 0 Å². The smallest absolute Gasteiger partial charge is 0.457 e. The van der Waals surface area contributed by atoms with Crippen LogP contribution in [0.5, 0.6) is 11.5 Å². The van der Waals surface area contributed by atoms with Crippen LogP contribution in [0.2, 0.25) is 0 Å². The lowest BCUT2D eigenvalue weighted by Crippen LogP contribution is -2.57. The molecule has 23 heavy (non-hydrogen) atoms. The highest BCUT2D eigenvalue weighted by Crippen LogP contribution is 2.44. The average molecular weight is 333 g/mol. The summed E-state index contributed by atoms with van der Waals surface area (Å²) in [6, 6.07) is 15.5. The third kappa shape index (κ3) is 3.02. The molecule has 0 fully saturated rings. The summed E-state index contributed by atoms with van der Waals surface area (Å²) in [6.07, 6.45) is -0.358. The van der Waals surface area contributed by atoms with Crippen LogP contribution in [0.4, 0.5) is 0 Å². The topological polar surface area (TPSA) is 58.2 Å². The van der Waals surface area contributed by atoms with Gasteiger partial charge in [-0.2, -0.15) is 0 Å². The van der Waals surface area contributed by atoms with Crippen LogP contribution >= 0.6 is 0 Å². The van der Waals surface area contributed by atoms with E-state index in [9.17, 15) is 0 Å². The lowest BCUT2D eigenvalue weighted by atomic mass is 9.97. The van der Waals surface area contributed by atoms with Crippen molar-refractivity contribution in [2.75, 3.05) is 21.3 Å². The van der Waals surface area contributed by atoms with Gasteiger partial charge in [0, 0.05) is 32.5 Å². The van der Waals surface area contributed by atoms with E-state index in [-0.39, 0.29) is 6.10 Å². The molecule has 0 radical (unpaired) electrons. The lowest BCUT2D eigenvalue weighted by molar-refractivity contribution is -0.0311. The first-order valence-electron chi connectivity index (χ1n) is 7.17. The molecule has 0 aliphatic carbocycles. The Balaban J connectivity index is 1.92.